The van der Waals surface area contributed by atoms with Gasteiger partial charge in [-0.05, 0) is 29.9 Å². The van der Waals surface area contributed by atoms with Crippen molar-refractivity contribution in [1.29, 1.82) is 0 Å². The highest BCUT2D eigenvalue weighted by Gasteiger charge is 2.26. The molecular formula is C21H16N2O3S2. The summed E-state index contributed by atoms with van der Waals surface area (Å²) in [6, 6.07) is 16.0. The number of rotatable bonds is 5. The molecular weight excluding hydrogens is 392 g/mol. The third-order valence-electron chi connectivity index (χ3n) is 4.56. The molecule has 28 heavy (non-hydrogen) atoms. The van der Waals surface area contributed by atoms with Crippen molar-refractivity contribution in [3.63, 3.8) is 0 Å². The Labute approximate surface area is 170 Å². The molecule has 1 aliphatic rings. The fourth-order valence-corrected chi connectivity index (χ4v) is 4.54. The van der Waals surface area contributed by atoms with Crippen LogP contribution in [0.1, 0.15) is 22.0 Å². The van der Waals surface area contributed by atoms with Gasteiger partial charge in [-0.3, -0.25) is 9.56 Å². The zero-order chi connectivity index (χ0) is 19.7. The van der Waals surface area contributed by atoms with Gasteiger partial charge in [-0.15, -0.1) is 11.3 Å². The van der Waals surface area contributed by atoms with E-state index in [1.165, 1.54) is 15.9 Å². The molecule has 0 radical (unpaired) electrons. The van der Waals surface area contributed by atoms with Crippen LogP contribution in [0.25, 0.3) is 11.6 Å². The maximum Gasteiger partial charge on any atom is 0.327 e. The molecule has 1 atom stereocenters. The molecule has 1 aliphatic heterocycles. The Morgan fingerprint density at radius 3 is 2.64 bits per heavy atom. The van der Waals surface area contributed by atoms with E-state index >= 15 is 0 Å². The number of benzene rings is 2. The summed E-state index contributed by atoms with van der Waals surface area (Å²) in [5.74, 6) is -1.18. The first kappa shape index (κ1) is 18.3. The number of fused-ring (bicyclic) bond motifs is 1. The number of hydrogen-bond acceptors (Lipinski definition) is 5. The molecule has 140 valence electrons. The van der Waals surface area contributed by atoms with Gasteiger partial charge in [-0.25, -0.2) is 4.79 Å². The highest BCUT2D eigenvalue weighted by atomic mass is 32.1. The van der Waals surface area contributed by atoms with Crippen molar-refractivity contribution >= 4 is 53.1 Å². The zero-order valence-electron chi connectivity index (χ0n) is 14.6. The minimum absolute atomic E-state index is 0.136. The third-order valence-corrected chi connectivity index (χ3v) is 5.89. The summed E-state index contributed by atoms with van der Waals surface area (Å²) >= 11 is 6.57. The molecule has 0 fully saturated rings. The lowest BCUT2D eigenvalue weighted by atomic mass is 10.1. The van der Waals surface area contributed by atoms with Crippen LogP contribution >= 0.6 is 23.6 Å². The van der Waals surface area contributed by atoms with Crippen LogP contribution in [0, 0.1) is 3.95 Å². The second-order valence-corrected chi connectivity index (χ2v) is 8.02. The maximum atomic E-state index is 11.9. The van der Waals surface area contributed by atoms with Crippen molar-refractivity contribution in [2.75, 3.05) is 0 Å². The van der Waals surface area contributed by atoms with E-state index in [4.69, 9.17) is 12.2 Å². The number of nitrogens with zero attached hydrogens (tertiary/aromatic N) is 2. The lowest BCUT2D eigenvalue weighted by molar-refractivity contribution is -0.141. The Hall–Kier alpha value is -3.03. The van der Waals surface area contributed by atoms with E-state index in [-0.39, 0.29) is 12.3 Å². The quantitative estimate of drug-likeness (QED) is 0.575. The Morgan fingerprint density at radius 1 is 1.18 bits per heavy atom. The molecule has 1 aromatic heterocycles. The number of aliphatic imine (C=N–C) groups is 1. The van der Waals surface area contributed by atoms with Crippen LogP contribution in [0.2, 0.25) is 0 Å². The minimum atomic E-state index is -1.04. The molecule has 0 saturated carbocycles. The lowest BCUT2D eigenvalue weighted by Gasteiger charge is -2.15. The van der Waals surface area contributed by atoms with Crippen LogP contribution in [0.3, 0.4) is 0 Å². The topological polar surface area (TPSA) is 74.8 Å². The second-order valence-electron chi connectivity index (χ2n) is 6.34. The number of aliphatic carboxylic acids is 1. The first-order valence-electron chi connectivity index (χ1n) is 8.61. The molecule has 4 rings (SSSR count). The van der Waals surface area contributed by atoms with Crippen LogP contribution in [0.15, 0.2) is 59.6 Å². The number of aromatic hydroxyl groups is 1. The van der Waals surface area contributed by atoms with Gasteiger partial charge in [-0.1, -0.05) is 48.5 Å². The number of carboxylic acid groups (broad SMARTS) is 1. The van der Waals surface area contributed by atoms with E-state index < -0.39 is 12.0 Å². The highest BCUT2D eigenvalue weighted by molar-refractivity contribution is 7.73. The van der Waals surface area contributed by atoms with E-state index in [9.17, 15) is 15.0 Å². The molecule has 2 heterocycles. The van der Waals surface area contributed by atoms with Crippen LogP contribution in [0.5, 0.6) is 5.88 Å². The molecule has 2 aromatic carbocycles. The van der Waals surface area contributed by atoms with E-state index in [1.807, 2.05) is 54.6 Å². The van der Waals surface area contributed by atoms with Crippen molar-refractivity contribution in [2.45, 2.75) is 12.5 Å². The van der Waals surface area contributed by atoms with Gasteiger partial charge < -0.3 is 10.2 Å². The normalized spacial score (nSPS) is 14.9. The molecule has 3 aromatic rings. The van der Waals surface area contributed by atoms with Gasteiger partial charge >= 0.3 is 5.97 Å². The average Bonchev–Trinajstić information content (AvgIpc) is 3.22. The Balaban J connectivity index is 1.73. The van der Waals surface area contributed by atoms with Crippen molar-refractivity contribution in [3.05, 3.63) is 74.6 Å². The fourth-order valence-electron chi connectivity index (χ4n) is 3.18. The Morgan fingerprint density at radius 2 is 1.89 bits per heavy atom. The van der Waals surface area contributed by atoms with Gasteiger partial charge in [0.15, 0.2) is 3.95 Å². The summed E-state index contributed by atoms with van der Waals surface area (Å²) in [4.78, 5) is 16.8. The summed E-state index contributed by atoms with van der Waals surface area (Å²) in [7, 11) is 0. The summed E-state index contributed by atoms with van der Waals surface area (Å²) in [6.07, 6.45) is 3.76. The zero-order valence-corrected chi connectivity index (χ0v) is 16.3. The Kier molecular flexibility index (Phi) is 4.93. The highest BCUT2D eigenvalue weighted by Crippen LogP contribution is 2.37. The summed E-state index contributed by atoms with van der Waals surface area (Å²) in [6.45, 7) is 0. The molecule has 0 unspecified atom stereocenters. The van der Waals surface area contributed by atoms with Gasteiger partial charge in [0.05, 0.1) is 10.6 Å². The van der Waals surface area contributed by atoms with Crippen molar-refractivity contribution < 1.29 is 15.0 Å². The van der Waals surface area contributed by atoms with Gasteiger partial charge in [0.25, 0.3) is 0 Å². The van der Waals surface area contributed by atoms with Crippen LogP contribution in [-0.2, 0) is 11.2 Å². The van der Waals surface area contributed by atoms with Gasteiger partial charge in [0, 0.05) is 23.8 Å². The van der Waals surface area contributed by atoms with E-state index in [1.54, 1.807) is 12.3 Å². The molecule has 5 nitrogen and oxygen atoms in total. The summed E-state index contributed by atoms with van der Waals surface area (Å²) in [5, 5.41) is 20.5. The Bertz CT molecular complexity index is 1160. The fraction of sp³-hybridized carbons (Fsp3) is 0.0952. The summed E-state index contributed by atoms with van der Waals surface area (Å²) in [5.41, 5.74) is 3.54. The van der Waals surface area contributed by atoms with Crippen LogP contribution < -0.4 is 0 Å². The lowest BCUT2D eigenvalue weighted by Crippen LogP contribution is -2.21. The number of thiazole rings is 1. The molecule has 0 spiro atoms. The van der Waals surface area contributed by atoms with E-state index in [0.717, 1.165) is 22.4 Å². The predicted octanol–water partition coefficient (Wildman–Crippen LogP) is 5.11. The number of carboxylic acids is 1. The number of carbonyl (C=O) groups is 1. The van der Waals surface area contributed by atoms with E-state index in [2.05, 4.69) is 4.99 Å². The van der Waals surface area contributed by atoms with Crippen molar-refractivity contribution in [3.8, 4) is 5.88 Å². The monoisotopic (exact) mass is 408 g/mol. The number of aromatic nitrogens is 1. The average molecular weight is 409 g/mol. The largest absolute Gasteiger partial charge is 0.493 e. The van der Waals surface area contributed by atoms with Gasteiger partial charge in [-0.2, -0.15) is 0 Å². The van der Waals surface area contributed by atoms with Gasteiger partial charge in [0.2, 0.25) is 5.88 Å². The smallest absolute Gasteiger partial charge is 0.327 e. The SMILES string of the molecule is O=C(O)[C@@H](Cc1ccccc1)n1c(O)c(/C=C2\C=Nc3ccccc32)sc1=S. The molecule has 0 amide bonds. The van der Waals surface area contributed by atoms with Crippen LogP contribution in [-0.4, -0.2) is 27.0 Å². The van der Waals surface area contributed by atoms with Crippen molar-refractivity contribution in [2.24, 2.45) is 4.99 Å². The maximum absolute atomic E-state index is 11.9. The molecule has 2 N–H and O–H groups in total. The molecule has 0 aliphatic carbocycles. The number of para-hydroxylation sites is 1. The second kappa shape index (κ2) is 7.53. The molecule has 7 heteroatoms. The molecule has 0 saturated heterocycles. The first-order valence-corrected chi connectivity index (χ1v) is 9.83. The van der Waals surface area contributed by atoms with Crippen molar-refractivity contribution in [1.82, 2.24) is 4.57 Å². The first-order chi connectivity index (χ1) is 13.5. The predicted molar refractivity (Wildman–Crippen MR) is 114 cm³/mol. The number of allylic oxidation sites excluding steroid dienone is 1. The molecule has 0 bridgehead atoms. The standard InChI is InChI=1S/C21H16N2O3S2/c24-19-18(11-14-12-22-16-9-5-4-8-15(14)16)28-21(27)23(19)17(20(25)26)10-13-6-2-1-3-7-13/h1-9,11-12,17,24H,10H2,(H,25,26)/b14-11+/t17-/m1/s1. The summed E-state index contributed by atoms with van der Waals surface area (Å²) < 4.78 is 1.63. The van der Waals surface area contributed by atoms with Gasteiger partial charge in [0.1, 0.15) is 6.04 Å². The van der Waals surface area contributed by atoms with Crippen LogP contribution in [0.4, 0.5) is 5.69 Å². The minimum Gasteiger partial charge on any atom is -0.493 e. The third kappa shape index (κ3) is 3.42. The number of hydrogen-bond donors (Lipinski definition) is 2. The van der Waals surface area contributed by atoms with E-state index in [0.29, 0.717) is 8.83 Å².